The molecular formula is C12H7ClF2N2O. The first kappa shape index (κ1) is 12.6. The Bertz CT molecular complexity index is 575. The molecule has 18 heavy (non-hydrogen) atoms. The van der Waals surface area contributed by atoms with E-state index in [-0.39, 0.29) is 16.4 Å². The summed E-state index contributed by atoms with van der Waals surface area (Å²) in [6.07, 6.45) is 0.522. The van der Waals surface area contributed by atoms with Crippen molar-refractivity contribution in [3.63, 3.8) is 0 Å². The molecule has 6 heteroatoms. The number of carbonyl (C=O) groups is 1. The van der Waals surface area contributed by atoms with Gasteiger partial charge in [-0.2, -0.15) is 5.10 Å². The van der Waals surface area contributed by atoms with Gasteiger partial charge in [-0.15, -0.1) is 5.10 Å². The third kappa shape index (κ3) is 2.51. The molecule has 1 aromatic heterocycles. The Labute approximate surface area is 106 Å². The minimum Gasteiger partial charge on any atom is -0.302 e. The van der Waals surface area contributed by atoms with Crippen molar-refractivity contribution in [2.75, 3.05) is 0 Å². The second kappa shape index (κ2) is 5.18. The summed E-state index contributed by atoms with van der Waals surface area (Å²) in [6, 6.07) is 5.92. The van der Waals surface area contributed by atoms with E-state index in [1.165, 1.54) is 18.2 Å². The maximum absolute atomic E-state index is 13.6. The predicted octanol–water partition coefficient (Wildman–Crippen LogP) is 2.74. The van der Waals surface area contributed by atoms with Gasteiger partial charge >= 0.3 is 0 Å². The molecule has 1 aromatic carbocycles. The Morgan fingerprint density at radius 3 is 2.50 bits per heavy atom. The van der Waals surface area contributed by atoms with Crippen LogP contribution in [-0.4, -0.2) is 16.5 Å². The first-order valence-corrected chi connectivity index (χ1v) is 5.39. The lowest BCUT2D eigenvalue weighted by atomic mass is 9.96. The van der Waals surface area contributed by atoms with Crippen molar-refractivity contribution in [1.82, 2.24) is 10.2 Å². The van der Waals surface area contributed by atoms with Crippen LogP contribution >= 0.6 is 11.6 Å². The van der Waals surface area contributed by atoms with Crippen LogP contribution < -0.4 is 0 Å². The summed E-state index contributed by atoms with van der Waals surface area (Å²) in [5.74, 6) is -2.44. The summed E-state index contributed by atoms with van der Waals surface area (Å²) < 4.78 is 26.4. The summed E-state index contributed by atoms with van der Waals surface area (Å²) in [6.45, 7) is 0. The number of aldehydes is 1. The van der Waals surface area contributed by atoms with Crippen LogP contribution in [-0.2, 0) is 4.79 Å². The van der Waals surface area contributed by atoms with Gasteiger partial charge in [0.15, 0.2) is 5.15 Å². The molecule has 0 aliphatic carbocycles. The largest absolute Gasteiger partial charge is 0.302 e. The lowest BCUT2D eigenvalue weighted by Crippen LogP contribution is -2.08. The maximum atomic E-state index is 13.6. The van der Waals surface area contributed by atoms with Gasteiger partial charge in [-0.25, -0.2) is 8.78 Å². The fourth-order valence-corrected chi connectivity index (χ4v) is 1.65. The molecule has 2 aromatic rings. The van der Waals surface area contributed by atoms with Crippen LogP contribution in [0.5, 0.6) is 0 Å². The maximum Gasteiger partial charge on any atom is 0.151 e. The Hall–Kier alpha value is -1.88. The number of carbonyl (C=O) groups excluding carboxylic acids is 1. The van der Waals surface area contributed by atoms with Crippen LogP contribution in [0.3, 0.4) is 0 Å². The summed E-state index contributed by atoms with van der Waals surface area (Å²) in [4.78, 5) is 11.1. The van der Waals surface area contributed by atoms with Crippen LogP contribution in [0.1, 0.15) is 17.2 Å². The minimum absolute atomic E-state index is 0.0445. The van der Waals surface area contributed by atoms with Gasteiger partial charge < -0.3 is 4.79 Å². The number of nitrogens with zero attached hydrogens (tertiary/aromatic N) is 2. The normalized spacial score (nSPS) is 12.2. The van der Waals surface area contributed by atoms with E-state index < -0.39 is 17.6 Å². The zero-order valence-electron chi connectivity index (χ0n) is 8.98. The molecule has 0 amide bonds. The fraction of sp³-hybridized carbons (Fsp3) is 0.0833. The van der Waals surface area contributed by atoms with Gasteiger partial charge in [0.25, 0.3) is 0 Å². The van der Waals surface area contributed by atoms with E-state index in [2.05, 4.69) is 10.2 Å². The van der Waals surface area contributed by atoms with Crippen molar-refractivity contribution in [1.29, 1.82) is 0 Å². The molecule has 0 bridgehead atoms. The summed E-state index contributed by atoms with van der Waals surface area (Å²) in [5, 5.41) is 7.47. The molecule has 0 aliphatic heterocycles. The van der Waals surface area contributed by atoms with Crippen molar-refractivity contribution in [3.8, 4) is 0 Å². The average molecular weight is 269 g/mol. The minimum atomic E-state index is -0.935. The van der Waals surface area contributed by atoms with E-state index in [1.54, 1.807) is 0 Å². The molecule has 0 spiro atoms. The van der Waals surface area contributed by atoms with Crippen LogP contribution in [0.25, 0.3) is 0 Å². The second-order valence-electron chi connectivity index (χ2n) is 3.56. The predicted molar refractivity (Wildman–Crippen MR) is 61.3 cm³/mol. The first-order chi connectivity index (χ1) is 8.61. The SMILES string of the molecule is O=CC(c1ccc(Cl)nn1)c1ccc(F)cc1F. The van der Waals surface area contributed by atoms with Crippen LogP contribution in [0.2, 0.25) is 5.15 Å². The number of hydrogen-bond acceptors (Lipinski definition) is 3. The molecule has 0 saturated carbocycles. The number of halogens is 3. The molecule has 1 unspecified atom stereocenters. The molecule has 0 N–H and O–H groups in total. The lowest BCUT2D eigenvalue weighted by molar-refractivity contribution is -0.108. The fourth-order valence-electron chi connectivity index (χ4n) is 1.55. The van der Waals surface area contributed by atoms with Gasteiger partial charge in [-0.1, -0.05) is 17.7 Å². The van der Waals surface area contributed by atoms with E-state index in [4.69, 9.17) is 11.6 Å². The molecule has 0 aliphatic rings. The van der Waals surface area contributed by atoms with Gasteiger partial charge in [-0.3, -0.25) is 0 Å². The summed E-state index contributed by atoms with van der Waals surface area (Å²) in [7, 11) is 0. The Balaban J connectivity index is 2.45. The van der Waals surface area contributed by atoms with Gasteiger partial charge in [0, 0.05) is 11.6 Å². The molecule has 1 atom stereocenters. The number of aromatic nitrogens is 2. The van der Waals surface area contributed by atoms with Crippen molar-refractivity contribution >= 4 is 17.9 Å². The van der Waals surface area contributed by atoms with E-state index in [0.717, 1.165) is 12.1 Å². The van der Waals surface area contributed by atoms with Crippen molar-refractivity contribution in [2.24, 2.45) is 0 Å². The van der Waals surface area contributed by atoms with E-state index in [0.29, 0.717) is 6.29 Å². The van der Waals surface area contributed by atoms with E-state index in [1.807, 2.05) is 0 Å². The van der Waals surface area contributed by atoms with Gasteiger partial charge in [0.2, 0.25) is 0 Å². The highest BCUT2D eigenvalue weighted by Gasteiger charge is 2.19. The van der Waals surface area contributed by atoms with E-state index in [9.17, 15) is 13.6 Å². The second-order valence-corrected chi connectivity index (χ2v) is 3.95. The highest BCUT2D eigenvalue weighted by atomic mass is 35.5. The molecule has 2 rings (SSSR count). The van der Waals surface area contributed by atoms with E-state index >= 15 is 0 Å². The number of rotatable bonds is 3. The Morgan fingerprint density at radius 2 is 1.94 bits per heavy atom. The van der Waals surface area contributed by atoms with Crippen molar-refractivity contribution in [3.05, 3.63) is 58.4 Å². The number of benzene rings is 1. The highest BCUT2D eigenvalue weighted by molar-refractivity contribution is 6.29. The van der Waals surface area contributed by atoms with Crippen molar-refractivity contribution < 1.29 is 13.6 Å². The van der Waals surface area contributed by atoms with Gasteiger partial charge in [-0.05, 0) is 18.2 Å². The molecule has 0 radical (unpaired) electrons. The topological polar surface area (TPSA) is 42.9 Å². The summed E-state index contributed by atoms with van der Waals surface area (Å²) >= 11 is 5.57. The van der Waals surface area contributed by atoms with Crippen molar-refractivity contribution in [2.45, 2.75) is 5.92 Å². The Kier molecular flexibility index (Phi) is 3.62. The van der Waals surface area contributed by atoms with Crippen LogP contribution in [0.15, 0.2) is 30.3 Å². The molecule has 1 heterocycles. The zero-order chi connectivity index (χ0) is 13.1. The highest BCUT2D eigenvalue weighted by Crippen LogP contribution is 2.24. The molecular weight excluding hydrogens is 262 g/mol. The standard InChI is InChI=1S/C12H7ClF2N2O/c13-12-4-3-11(16-17-12)9(6-18)8-2-1-7(14)5-10(8)15/h1-6,9H. The van der Waals surface area contributed by atoms with Crippen LogP contribution in [0.4, 0.5) is 8.78 Å². The zero-order valence-corrected chi connectivity index (χ0v) is 9.73. The molecule has 0 fully saturated rings. The van der Waals surface area contributed by atoms with Gasteiger partial charge in [0.05, 0.1) is 11.6 Å². The van der Waals surface area contributed by atoms with Gasteiger partial charge in [0.1, 0.15) is 17.9 Å². The monoisotopic (exact) mass is 268 g/mol. The first-order valence-electron chi connectivity index (χ1n) is 5.01. The lowest BCUT2D eigenvalue weighted by Gasteiger charge is -2.10. The third-order valence-corrected chi connectivity index (χ3v) is 2.61. The quantitative estimate of drug-likeness (QED) is 0.804. The number of hydrogen-bond donors (Lipinski definition) is 0. The van der Waals surface area contributed by atoms with Crippen LogP contribution in [0, 0.1) is 11.6 Å². The molecule has 92 valence electrons. The molecule has 3 nitrogen and oxygen atoms in total. The third-order valence-electron chi connectivity index (χ3n) is 2.40. The Morgan fingerprint density at radius 1 is 1.17 bits per heavy atom. The molecule has 0 saturated heterocycles. The smallest absolute Gasteiger partial charge is 0.151 e. The average Bonchev–Trinajstić information content (AvgIpc) is 2.35. The summed E-state index contributed by atoms with van der Waals surface area (Å²) in [5.41, 5.74) is 0.294.